The molecule has 0 saturated heterocycles. The van der Waals surface area contributed by atoms with E-state index >= 15 is 0 Å². The first-order chi connectivity index (χ1) is 49.5. The third kappa shape index (κ3) is 32.5. The quantitative estimate of drug-likeness (QED) is 0.0190. The molecule has 0 saturated carbocycles. The summed E-state index contributed by atoms with van der Waals surface area (Å²) in [6, 6.07) is 0. The van der Waals surface area contributed by atoms with Gasteiger partial charge in [0.05, 0.1) is 71.4 Å². The van der Waals surface area contributed by atoms with E-state index in [2.05, 4.69) is 62.3 Å². The molecule has 0 aromatic carbocycles. The van der Waals surface area contributed by atoms with Gasteiger partial charge in [0.1, 0.15) is 0 Å². The monoisotopic (exact) mass is 1780 g/mol. The van der Waals surface area contributed by atoms with Crippen LogP contribution in [0.1, 0.15) is 229 Å². The molecule has 0 rings (SSSR count). The third-order valence-corrected chi connectivity index (χ3v) is 21.4. The van der Waals surface area contributed by atoms with Gasteiger partial charge in [-0.2, -0.15) is 158 Å². The fourth-order valence-corrected chi connectivity index (χ4v) is 11.8. The van der Waals surface area contributed by atoms with E-state index in [1.54, 1.807) is 0 Å². The number of hydrogen-bond donors (Lipinski definition) is 0. The number of quaternary nitrogens is 2. The van der Waals surface area contributed by atoms with Crippen LogP contribution in [-0.2, 0) is 34.5 Å². The van der Waals surface area contributed by atoms with Crippen molar-refractivity contribution in [1.82, 2.24) is 0 Å². The lowest BCUT2D eigenvalue weighted by Crippen LogP contribution is -2.73. The summed E-state index contributed by atoms with van der Waals surface area (Å²) in [7, 11) is -19.5. The van der Waals surface area contributed by atoms with Crippen LogP contribution in [0.15, 0.2) is 0 Å². The van der Waals surface area contributed by atoms with Crippen molar-refractivity contribution in [3.05, 3.63) is 0 Å². The number of hydrogen-bond acceptors (Lipinski definition) is 9. The Morgan fingerprint density at radius 3 is 0.658 bits per heavy atom. The Morgan fingerprint density at radius 2 is 0.459 bits per heavy atom. The highest BCUT2D eigenvalue weighted by Gasteiger charge is 2.95. The Kier molecular flexibility index (Phi) is 48.9. The van der Waals surface area contributed by atoms with Crippen LogP contribution in [0, 0.1) is 0 Å². The summed E-state index contributed by atoms with van der Waals surface area (Å²) >= 11 is 0. The molecule has 0 aromatic heterocycles. The largest absolute Gasteiger partial charge is 0.743 e. The second kappa shape index (κ2) is 46.5. The number of rotatable bonds is 52. The van der Waals surface area contributed by atoms with Gasteiger partial charge < -0.3 is 18.1 Å². The molecule has 11 nitrogen and oxygen atoms in total. The molecule has 49 heteroatoms. The number of halogens is 35. The molecular formula is C62H101F35N2O9S3. The van der Waals surface area contributed by atoms with Gasteiger partial charge in [0.15, 0.2) is 20.2 Å². The smallest absolute Gasteiger partial charge is 0.402 e. The van der Waals surface area contributed by atoms with Gasteiger partial charge in [-0.3, -0.25) is 8.57 Å². The van der Waals surface area contributed by atoms with E-state index in [0.717, 1.165) is 51.4 Å². The van der Waals surface area contributed by atoms with Gasteiger partial charge >= 0.3 is 93.9 Å². The molecule has 0 fully saturated rings. The maximum atomic E-state index is 13.3. The van der Waals surface area contributed by atoms with Gasteiger partial charge in [0.2, 0.25) is 0 Å². The van der Waals surface area contributed by atoms with Crippen LogP contribution in [0.2, 0.25) is 0 Å². The molecule has 0 amide bonds. The average molecular weight is 1780 g/mol. The fraction of sp³-hybridized carbons (Fsp3) is 1.00. The summed E-state index contributed by atoms with van der Waals surface area (Å²) in [6.07, 6.45) is 0.906. The van der Waals surface area contributed by atoms with Crippen LogP contribution in [0.4, 0.5) is 154 Å². The first kappa shape index (κ1) is 117. The van der Waals surface area contributed by atoms with Crippen LogP contribution in [-0.4, -0.2) is 209 Å². The van der Waals surface area contributed by atoms with Crippen LogP contribution in [0.25, 0.3) is 0 Å². The summed E-state index contributed by atoms with van der Waals surface area (Å²) in [6.45, 7) is 30.8. The van der Waals surface area contributed by atoms with Gasteiger partial charge in [-0.05, 0) is 74.7 Å². The average Bonchev–Trinajstić information content (AvgIpc) is 0.701. The van der Waals surface area contributed by atoms with Crippen LogP contribution in [0.5, 0.6) is 0 Å². The van der Waals surface area contributed by atoms with Crippen molar-refractivity contribution in [1.29, 1.82) is 0 Å². The molecule has 111 heavy (non-hydrogen) atoms. The van der Waals surface area contributed by atoms with Crippen molar-refractivity contribution in [2.75, 3.05) is 71.4 Å². The number of alkyl halides is 35. The molecule has 0 aliphatic carbocycles. The first-order valence-electron chi connectivity index (χ1n) is 35.0. The SMILES string of the molecule is CCCCCCCCCCCCCCCCOS(=O)(=O)CCCCCCCCCCF.CC[N+](CC)(CC)CC.CC[N+](CC)(CC)CC.O=S(=O)([O-])C(F)(F)C(F)(F)C(F)(F)C(F)(F)C(F)(F)C(F)(F)C(F)(F)CCC(F)(F)F.O=S(=O)([O-])C(F)(F)C(F)(F)C(F)(F)C(F)(F)C(F)(F)C(F)(F)C(F)(F)CCC(F)(F)F. The van der Waals surface area contributed by atoms with Crippen LogP contribution in [0.3, 0.4) is 0 Å². The Hall–Kier alpha value is -2.80. The zero-order chi connectivity index (χ0) is 89.4. The molecule has 0 aromatic rings. The Morgan fingerprint density at radius 1 is 0.261 bits per heavy atom. The molecule has 0 heterocycles. The van der Waals surface area contributed by atoms with Crippen LogP contribution >= 0.6 is 0 Å². The summed E-state index contributed by atoms with van der Waals surface area (Å²) in [5.41, 5.74) is 0. The minimum Gasteiger partial charge on any atom is -0.743 e. The van der Waals surface area contributed by atoms with E-state index in [1.165, 1.54) is 138 Å². The summed E-state index contributed by atoms with van der Waals surface area (Å²) < 4.78 is 541. The zero-order valence-corrected chi connectivity index (χ0v) is 64.6. The molecule has 0 aliphatic rings. The van der Waals surface area contributed by atoms with Crippen molar-refractivity contribution >= 4 is 30.4 Å². The Bertz CT molecular complexity index is 2710. The van der Waals surface area contributed by atoms with Crippen molar-refractivity contribution in [3.8, 4) is 0 Å². The van der Waals surface area contributed by atoms with E-state index in [-0.39, 0.29) is 12.4 Å². The van der Waals surface area contributed by atoms with Gasteiger partial charge in [-0.15, -0.1) is 0 Å². The molecule has 0 atom stereocenters. The molecule has 0 bridgehead atoms. The number of unbranched alkanes of at least 4 members (excludes halogenated alkanes) is 20. The lowest BCUT2D eigenvalue weighted by Gasteiger charge is -2.42. The molecule has 0 spiro atoms. The Balaban J connectivity index is -0.000000453. The van der Waals surface area contributed by atoms with Gasteiger partial charge in [0, 0.05) is 25.7 Å². The standard InChI is InChI=1S/C26H53FO3S.2C10H5F17O3S.2C8H20N/c1-2-3-4-5-6-7-8-9-10-11-13-16-19-22-25-30-31(28,29)26-23-20-17-14-12-15-18-21-24-27;2*11-3(12,1-2-4(13,14)15)5(16,17)6(18,19)7(20,21)8(22,23)9(24,25)10(26,27)31(28,29)30;2*1-5-9(6-2,7-3)8-4/h2-26H2,1H3;2*1-2H2,(H,28,29,30);2*5-8H2,1-4H3/q;;;2*+1/p-2. The van der Waals surface area contributed by atoms with E-state index in [9.17, 15) is 188 Å². The van der Waals surface area contributed by atoms with E-state index in [4.69, 9.17) is 4.18 Å². The summed E-state index contributed by atoms with van der Waals surface area (Å²) in [5.74, 6) is -98.4. The Labute approximate surface area is 624 Å². The normalized spacial score (nSPS) is 14.5. The van der Waals surface area contributed by atoms with Gasteiger partial charge in [-0.1, -0.05) is 129 Å². The van der Waals surface area contributed by atoms with Crippen molar-refractivity contribution < 1.29 is 201 Å². The minimum atomic E-state index is -8.69. The van der Waals surface area contributed by atoms with Gasteiger partial charge in [0.25, 0.3) is 10.1 Å². The zero-order valence-electron chi connectivity index (χ0n) is 62.2. The molecular weight excluding hydrogens is 1680 g/mol. The highest BCUT2D eigenvalue weighted by molar-refractivity contribution is 7.87. The fourth-order valence-electron chi connectivity index (χ4n) is 9.89. The van der Waals surface area contributed by atoms with E-state index < -0.39 is 150 Å². The second-order valence-electron chi connectivity index (χ2n) is 25.7. The van der Waals surface area contributed by atoms with E-state index in [1.807, 2.05) is 0 Å². The molecule has 0 aliphatic heterocycles. The lowest BCUT2D eigenvalue weighted by atomic mass is 9.90. The molecule has 0 unspecified atom stereocenters. The van der Waals surface area contributed by atoms with Gasteiger partial charge in [-0.25, -0.2) is 16.8 Å². The first-order valence-corrected chi connectivity index (χ1v) is 39.4. The highest BCUT2D eigenvalue weighted by atomic mass is 32.2. The maximum absolute atomic E-state index is 13.3. The van der Waals surface area contributed by atoms with Crippen LogP contribution < -0.4 is 0 Å². The lowest BCUT2D eigenvalue weighted by molar-refractivity contribution is -0.921. The topological polar surface area (TPSA) is 158 Å². The van der Waals surface area contributed by atoms with E-state index in [0.29, 0.717) is 19.4 Å². The summed E-state index contributed by atoms with van der Waals surface area (Å²) in [4.78, 5) is 0. The predicted molar refractivity (Wildman–Crippen MR) is 337 cm³/mol. The summed E-state index contributed by atoms with van der Waals surface area (Å²) in [5, 5.41) is -15.8. The van der Waals surface area contributed by atoms with Crippen molar-refractivity contribution in [2.45, 2.75) is 323 Å². The minimum absolute atomic E-state index is 0.146. The molecule has 0 radical (unpaired) electrons. The highest BCUT2D eigenvalue weighted by Crippen LogP contribution is 2.65. The van der Waals surface area contributed by atoms with Crippen molar-refractivity contribution in [2.24, 2.45) is 0 Å². The maximum Gasteiger partial charge on any atom is 0.402 e. The second-order valence-corrected chi connectivity index (χ2v) is 30.3. The third-order valence-electron chi connectivity index (χ3n) is 18.3. The number of nitrogens with zero attached hydrogens (tertiary/aromatic N) is 2. The molecule has 0 N–H and O–H groups in total. The van der Waals surface area contributed by atoms with Crippen molar-refractivity contribution in [3.63, 3.8) is 0 Å². The molecule has 676 valence electrons. The predicted octanol–water partition coefficient (Wildman–Crippen LogP) is 23.2.